The van der Waals surface area contributed by atoms with Crippen LogP contribution in [-0.2, 0) is 4.79 Å². The number of aromatic nitrogens is 3. The highest BCUT2D eigenvalue weighted by atomic mass is 19.4. The monoisotopic (exact) mass is 553 g/mol. The van der Waals surface area contributed by atoms with E-state index in [4.69, 9.17) is 4.74 Å². The molecular formula is C26H31F4N5O4. The molecule has 1 spiro atoms. The average molecular weight is 554 g/mol. The minimum absolute atomic E-state index is 0.0513. The Kier molecular flexibility index (Phi) is 7.06. The van der Waals surface area contributed by atoms with E-state index in [9.17, 15) is 32.3 Å². The number of piperidine rings is 1. The van der Waals surface area contributed by atoms with E-state index in [-0.39, 0.29) is 47.7 Å². The fourth-order valence-electron chi connectivity index (χ4n) is 6.08. The summed E-state index contributed by atoms with van der Waals surface area (Å²) >= 11 is 0. The van der Waals surface area contributed by atoms with Gasteiger partial charge in [0, 0.05) is 35.7 Å². The van der Waals surface area contributed by atoms with E-state index in [1.807, 2.05) is 0 Å². The number of halogens is 4. The molecule has 3 aliphatic rings. The molecule has 1 saturated heterocycles. The molecule has 1 unspecified atom stereocenters. The zero-order chi connectivity index (χ0) is 28.0. The third kappa shape index (κ3) is 5.08. The molecule has 0 aromatic carbocycles. The van der Waals surface area contributed by atoms with E-state index in [0.29, 0.717) is 25.1 Å². The second-order valence-corrected chi connectivity index (χ2v) is 10.9. The van der Waals surface area contributed by atoms with Crippen molar-refractivity contribution in [2.45, 2.75) is 81.1 Å². The van der Waals surface area contributed by atoms with Gasteiger partial charge in [-0.25, -0.2) is 9.37 Å². The first-order valence-corrected chi connectivity index (χ1v) is 13.1. The quantitative estimate of drug-likeness (QED) is 0.486. The van der Waals surface area contributed by atoms with Gasteiger partial charge in [0.1, 0.15) is 0 Å². The number of H-pyrrole nitrogens is 1. The number of methoxy groups -OCH3 is 1. The maximum atomic E-state index is 14.4. The first kappa shape index (κ1) is 27.4. The maximum Gasteiger partial charge on any atom is 0.417 e. The van der Waals surface area contributed by atoms with Crippen molar-refractivity contribution in [2.24, 2.45) is 5.92 Å². The zero-order valence-electron chi connectivity index (χ0n) is 21.5. The van der Waals surface area contributed by atoms with Crippen LogP contribution >= 0.6 is 0 Å². The van der Waals surface area contributed by atoms with Crippen LogP contribution in [0.15, 0.2) is 18.3 Å². The number of pyridine rings is 1. The van der Waals surface area contributed by atoms with E-state index < -0.39 is 42.0 Å². The Morgan fingerprint density at radius 2 is 1.90 bits per heavy atom. The van der Waals surface area contributed by atoms with Gasteiger partial charge in [-0.1, -0.05) is 0 Å². The molecule has 1 atom stereocenters. The van der Waals surface area contributed by atoms with Crippen molar-refractivity contribution < 1.29 is 37.0 Å². The summed E-state index contributed by atoms with van der Waals surface area (Å²) in [4.78, 5) is 32.1. The summed E-state index contributed by atoms with van der Waals surface area (Å²) in [5.41, 5.74) is -2.59. The molecule has 3 fully saturated rings. The highest BCUT2D eigenvalue weighted by Gasteiger charge is 2.55. The molecule has 2 aromatic heterocycles. The maximum absolute atomic E-state index is 14.4. The molecule has 3 N–H and O–H groups in total. The van der Waals surface area contributed by atoms with E-state index >= 15 is 0 Å². The third-order valence-corrected chi connectivity index (χ3v) is 8.61. The Hall–Kier alpha value is -3.22. The SMILES string of the molecule is COc1cc(-c2cc(C(=O)N3CCC(C(=O)NC4CCC(O)(C(F)(F)F)CC4)CC34CCC4)n[nH]2)c(F)cn1. The molecule has 2 aliphatic carbocycles. The number of likely N-dealkylation sites (tertiary alicyclic amines) is 1. The molecule has 13 heteroatoms. The number of hydrogen-bond acceptors (Lipinski definition) is 6. The number of rotatable bonds is 5. The number of nitrogens with zero attached hydrogens (tertiary/aromatic N) is 3. The second-order valence-electron chi connectivity index (χ2n) is 10.9. The number of amides is 2. The summed E-state index contributed by atoms with van der Waals surface area (Å²) in [6.45, 7) is 0.328. The smallest absolute Gasteiger partial charge is 0.417 e. The van der Waals surface area contributed by atoms with Gasteiger partial charge in [-0.05, 0) is 63.9 Å². The number of ether oxygens (including phenoxy) is 1. The lowest BCUT2D eigenvalue weighted by molar-refractivity contribution is -0.270. The van der Waals surface area contributed by atoms with E-state index in [0.717, 1.165) is 25.5 Å². The van der Waals surface area contributed by atoms with Crippen LogP contribution in [0.25, 0.3) is 11.3 Å². The second kappa shape index (κ2) is 10.1. The van der Waals surface area contributed by atoms with Gasteiger partial charge in [0.15, 0.2) is 17.1 Å². The number of alkyl halides is 3. The van der Waals surface area contributed by atoms with Gasteiger partial charge in [-0.15, -0.1) is 0 Å². The topological polar surface area (TPSA) is 120 Å². The molecule has 2 saturated carbocycles. The fourth-order valence-corrected chi connectivity index (χ4v) is 6.08. The van der Waals surface area contributed by atoms with Crippen molar-refractivity contribution in [3.63, 3.8) is 0 Å². The normalized spacial score (nSPS) is 26.7. The lowest BCUT2D eigenvalue weighted by Gasteiger charge is -2.54. The van der Waals surface area contributed by atoms with Crippen LogP contribution in [0.1, 0.15) is 68.3 Å². The molecule has 0 radical (unpaired) electrons. The average Bonchev–Trinajstić information content (AvgIpc) is 3.38. The van der Waals surface area contributed by atoms with Crippen LogP contribution in [0.4, 0.5) is 17.6 Å². The van der Waals surface area contributed by atoms with Crippen molar-refractivity contribution >= 4 is 11.8 Å². The summed E-state index contributed by atoms with van der Waals surface area (Å²) in [6, 6.07) is 2.47. The minimum Gasteiger partial charge on any atom is -0.481 e. The molecule has 0 bridgehead atoms. The highest BCUT2D eigenvalue weighted by molar-refractivity contribution is 5.94. The Balaban J connectivity index is 1.23. The zero-order valence-corrected chi connectivity index (χ0v) is 21.5. The number of aromatic amines is 1. The van der Waals surface area contributed by atoms with Crippen molar-refractivity contribution in [3.8, 4) is 17.1 Å². The van der Waals surface area contributed by atoms with Gasteiger partial charge < -0.3 is 20.1 Å². The summed E-state index contributed by atoms with van der Waals surface area (Å²) in [7, 11) is 1.41. The van der Waals surface area contributed by atoms with Gasteiger partial charge in [0.25, 0.3) is 5.91 Å². The Morgan fingerprint density at radius 3 is 2.51 bits per heavy atom. The number of carbonyl (C=O) groups excluding carboxylic acids is 2. The lowest BCUT2D eigenvalue weighted by Crippen LogP contribution is -2.62. The highest BCUT2D eigenvalue weighted by Crippen LogP contribution is 2.47. The van der Waals surface area contributed by atoms with Crippen LogP contribution < -0.4 is 10.1 Å². The minimum atomic E-state index is -4.69. The van der Waals surface area contributed by atoms with Crippen LogP contribution in [-0.4, -0.2) is 74.0 Å². The van der Waals surface area contributed by atoms with Crippen molar-refractivity contribution in [1.29, 1.82) is 0 Å². The lowest BCUT2D eigenvalue weighted by atomic mass is 9.66. The van der Waals surface area contributed by atoms with Crippen LogP contribution in [0, 0.1) is 11.7 Å². The number of carbonyl (C=O) groups is 2. The van der Waals surface area contributed by atoms with Crippen LogP contribution in [0.3, 0.4) is 0 Å². The summed E-state index contributed by atoms with van der Waals surface area (Å²) in [5, 5.41) is 19.6. The molecular weight excluding hydrogens is 522 g/mol. The van der Waals surface area contributed by atoms with Crippen molar-refractivity contribution in [3.05, 3.63) is 29.8 Å². The van der Waals surface area contributed by atoms with Gasteiger partial charge in [-0.3, -0.25) is 14.7 Å². The van der Waals surface area contributed by atoms with Gasteiger partial charge in [-0.2, -0.15) is 18.3 Å². The van der Waals surface area contributed by atoms with Crippen LogP contribution in [0.2, 0.25) is 0 Å². The molecule has 1 aliphatic heterocycles. The molecule has 39 heavy (non-hydrogen) atoms. The Bertz CT molecular complexity index is 1240. The molecule has 9 nitrogen and oxygen atoms in total. The van der Waals surface area contributed by atoms with E-state index in [1.54, 1.807) is 4.90 Å². The number of hydrogen-bond donors (Lipinski definition) is 3. The van der Waals surface area contributed by atoms with Gasteiger partial charge >= 0.3 is 6.18 Å². The largest absolute Gasteiger partial charge is 0.481 e. The first-order valence-electron chi connectivity index (χ1n) is 13.1. The molecule has 3 heterocycles. The predicted molar refractivity (Wildman–Crippen MR) is 130 cm³/mol. The van der Waals surface area contributed by atoms with Crippen LogP contribution in [0.5, 0.6) is 5.88 Å². The van der Waals surface area contributed by atoms with Gasteiger partial charge in [0.2, 0.25) is 11.8 Å². The predicted octanol–water partition coefficient (Wildman–Crippen LogP) is 3.75. The summed E-state index contributed by atoms with van der Waals surface area (Å²) < 4.78 is 58.7. The number of nitrogens with one attached hydrogen (secondary N) is 2. The standard InChI is InChI=1S/C26H31F4N5O4/c1-39-21-11-17(18(27)14-31-21)19-12-20(34-33-19)23(37)35-10-5-15(13-24(35)6-2-7-24)22(36)32-16-3-8-25(38,9-4-16)26(28,29)30/h11-12,14-16,38H,2-10,13H2,1H3,(H,32,36)(H,33,34). The Morgan fingerprint density at radius 1 is 1.18 bits per heavy atom. The molecule has 2 amide bonds. The molecule has 5 rings (SSSR count). The van der Waals surface area contributed by atoms with Gasteiger partial charge in [0.05, 0.1) is 19.0 Å². The first-order chi connectivity index (χ1) is 18.4. The van der Waals surface area contributed by atoms with E-state index in [1.165, 1.54) is 19.2 Å². The van der Waals surface area contributed by atoms with Crippen molar-refractivity contribution in [2.75, 3.05) is 13.7 Å². The third-order valence-electron chi connectivity index (χ3n) is 8.61. The van der Waals surface area contributed by atoms with Crippen molar-refractivity contribution in [1.82, 2.24) is 25.4 Å². The summed E-state index contributed by atoms with van der Waals surface area (Å²) in [6.07, 6.45) is -1.21. The fraction of sp³-hybridized carbons (Fsp3) is 0.615. The van der Waals surface area contributed by atoms with E-state index in [2.05, 4.69) is 20.5 Å². The number of aliphatic hydroxyl groups is 1. The molecule has 212 valence electrons. The Labute approximate surface area is 222 Å². The summed E-state index contributed by atoms with van der Waals surface area (Å²) in [5.74, 6) is -1.28. The molecule has 2 aromatic rings.